The van der Waals surface area contributed by atoms with Crippen LogP contribution in [0, 0.1) is 5.41 Å². The molecule has 0 aliphatic heterocycles. The molecule has 1 aromatic carbocycles. The molecule has 0 spiro atoms. The molecule has 3 heteroatoms. The van der Waals surface area contributed by atoms with Crippen LogP contribution in [-0.2, 0) is 4.79 Å². The van der Waals surface area contributed by atoms with Crippen molar-refractivity contribution in [1.29, 1.82) is 0 Å². The second-order valence-corrected chi connectivity index (χ2v) is 5.47. The zero-order valence-electron chi connectivity index (χ0n) is 12.2. The van der Waals surface area contributed by atoms with E-state index in [9.17, 15) is 4.79 Å². The highest BCUT2D eigenvalue weighted by molar-refractivity contribution is 5.94. The Labute approximate surface area is 115 Å². The van der Waals surface area contributed by atoms with Gasteiger partial charge in [0.15, 0.2) is 0 Å². The van der Waals surface area contributed by atoms with Crippen molar-refractivity contribution in [2.24, 2.45) is 5.41 Å². The molecule has 0 fully saturated rings. The maximum absolute atomic E-state index is 12.1. The highest BCUT2D eigenvalue weighted by Crippen LogP contribution is 2.24. The summed E-state index contributed by atoms with van der Waals surface area (Å²) in [6.45, 7) is 12.1. The summed E-state index contributed by atoms with van der Waals surface area (Å²) in [5.74, 6) is 0.752. The molecule has 0 saturated heterocycles. The van der Waals surface area contributed by atoms with Gasteiger partial charge in [0.2, 0.25) is 5.91 Å². The largest absolute Gasteiger partial charge is 0.489 e. The number of rotatable bonds is 6. The molecule has 3 nitrogen and oxygen atoms in total. The minimum absolute atomic E-state index is 0.0204. The molecule has 1 rings (SSSR count). The van der Waals surface area contributed by atoms with Crippen molar-refractivity contribution >= 4 is 11.6 Å². The van der Waals surface area contributed by atoms with Gasteiger partial charge in [-0.2, -0.15) is 0 Å². The molecule has 0 atom stereocenters. The van der Waals surface area contributed by atoms with Gasteiger partial charge in [-0.15, -0.1) is 0 Å². The standard InChI is InChI=1S/C16H23NO2/c1-6-16(4,5)15(18)17-13-8-7-9-14(10-13)19-11-12(2)3/h7-10H,2,6,11H2,1,3-5H3,(H,17,18). The van der Waals surface area contributed by atoms with E-state index in [4.69, 9.17) is 4.74 Å². The Kier molecular flexibility index (Phi) is 5.16. The van der Waals surface area contributed by atoms with Crippen LogP contribution in [0.15, 0.2) is 36.4 Å². The Morgan fingerprint density at radius 2 is 2.11 bits per heavy atom. The van der Waals surface area contributed by atoms with Crippen LogP contribution in [0.4, 0.5) is 5.69 Å². The maximum Gasteiger partial charge on any atom is 0.230 e. The first-order chi connectivity index (χ1) is 8.85. The van der Waals surface area contributed by atoms with Gasteiger partial charge in [-0.05, 0) is 31.1 Å². The number of amides is 1. The van der Waals surface area contributed by atoms with E-state index >= 15 is 0 Å². The van der Waals surface area contributed by atoms with Crippen molar-refractivity contribution in [2.75, 3.05) is 11.9 Å². The third kappa shape index (κ3) is 4.78. The first-order valence-electron chi connectivity index (χ1n) is 6.54. The number of hydrogen-bond donors (Lipinski definition) is 1. The molecular formula is C16H23NO2. The number of hydrogen-bond acceptors (Lipinski definition) is 2. The van der Waals surface area contributed by atoms with Gasteiger partial charge in [-0.1, -0.05) is 33.4 Å². The Morgan fingerprint density at radius 1 is 1.42 bits per heavy atom. The monoisotopic (exact) mass is 261 g/mol. The lowest BCUT2D eigenvalue weighted by Gasteiger charge is -2.21. The number of anilines is 1. The number of ether oxygens (including phenoxy) is 1. The first kappa shape index (κ1) is 15.3. The number of carbonyl (C=O) groups excluding carboxylic acids is 1. The highest BCUT2D eigenvalue weighted by atomic mass is 16.5. The van der Waals surface area contributed by atoms with Gasteiger partial charge in [0.25, 0.3) is 0 Å². The number of carbonyl (C=O) groups is 1. The van der Waals surface area contributed by atoms with Crippen molar-refractivity contribution in [2.45, 2.75) is 34.1 Å². The Balaban J connectivity index is 2.72. The molecule has 0 aliphatic carbocycles. The predicted molar refractivity (Wildman–Crippen MR) is 79.5 cm³/mol. The van der Waals surface area contributed by atoms with Gasteiger partial charge in [-0.25, -0.2) is 0 Å². The fourth-order valence-electron chi connectivity index (χ4n) is 1.33. The van der Waals surface area contributed by atoms with Crippen molar-refractivity contribution < 1.29 is 9.53 Å². The average Bonchev–Trinajstić information content (AvgIpc) is 2.36. The Hall–Kier alpha value is -1.77. The van der Waals surface area contributed by atoms with Crippen LogP contribution in [0.2, 0.25) is 0 Å². The van der Waals surface area contributed by atoms with Gasteiger partial charge < -0.3 is 10.1 Å². The topological polar surface area (TPSA) is 38.3 Å². The van der Waals surface area contributed by atoms with Gasteiger partial charge in [0.1, 0.15) is 12.4 Å². The maximum atomic E-state index is 12.1. The van der Waals surface area contributed by atoms with E-state index in [2.05, 4.69) is 11.9 Å². The smallest absolute Gasteiger partial charge is 0.230 e. The molecule has 1 amide bonds. The Morgan fingerprint density at radius 3 is 2.68 bits per heavy atom. The molecular weight excluding hydrogens is 238 g/mol. The van der Waals surface area contributed by atoms with Crippen molar-refractivity contribution in [1.82, 2.24) is 0 Å². The highest BCUT2D eigenvalue weighted by Gasteiger charge is 2.25. The molecule has 0 aromatic heterocycles. The SMILES string of the molecule is C=C(C)COc1cccc(NC(=O)C(C)(C)CC)c1. The molecule has 0 radical (unpaired) electrons. The van der Waals surface area contributed by atoms with E-state index in [1.165, 1.54) is 0 Å². The van der Waals surface area contributed by atoms with Crippen LogP contribution in [0.1, 0.15) is 34.1 Å². The second-order valence-electron chi connectivity index (χ2n) is 5.47. The summed E-state index contributed by atoms with van der Waals surface area (Å²) < 4.78 is 5.55. The normalized spacial score (nSPS) is 10.9. The third-order valence-electron chi connectivity index (χ3n) is 3.08. The molecule has 1 aromatic rings. The number of nitrogens with one attached hydrogen (secondary N) is 1. The van der Waals surface area contributed by atoms with Gasteiger partial charge >= 0.3 is 0 Å². The zero-order chi connectivity index (χ0) is 14.5. The molecule has 19 heavy (non-hydrogen) atoms. The molecule has 0 saturated carbocycles. The summed E-state index contributed by atoms with van der Waals surface area (Å²) in [5, 5.41) is 2.92. The minimum atomic E-state index is -0.367. The van der Waals surface area contributed by atoms with Crippen LogP contribution in [0.3, 0.4) is 0 Å². The summed E-state index contributed by atoms with van der Waals surface area (Å²) in [6.07, 6.45) is 0.796. The fourth-order valence-corrected chi connectivity index (χ4v) is 1.33. The Bertz CT molecular complexity index is 464. The lowest BCUT2D eigenvalue weighted by Crippen LogP contribution is -2.29. The minimum Gasteiger partial charge on any atom is -0.489 e. The summed E-state index contributed by atoms with van der Waals surface area (Å²) >= 11 is 0. The molecule has 0 aliphatic rings. The molecule has 0 bridgehead atoms. The van der Waals surface area contributed by atoms with Crippen molar-refractivity contribution in [3.63, 3.8) is 0 Å². The van der Waals surface area contributed by atoms with Gasteiger partial charge in [-0.3, -0.25) is 4.79 Å². The lowest BCUT2D eigenvalue weighted by molar-refractivity contribution is -0.124. The quantitative estimate of drug-likeness (QED) is 0.785. The van der Waals surface area contributed by atoms with E-state index < -0.39 is 0 Å². The second kappa shape index (κ2) is 6.41. The number of benzene rings is 1. The van der Waals surface area contributed by atoms with E-state index in [0.29, 0.717) is 6.61 Å². The molecule has 0 heterocycles. The summed E-state index contributed by atoms with van der Waals surface area (Å²) in [7, 11) is 0. The first-order valence-corrected chi connectivity index (χ1v) is 6.54. The average molecular weight is 261 g/mol. The van der Waals surface area contributed by atoms with E-state index in [1.807, 2.05) is 52.0 Å². The zero-order valence-corrected chi connectivity index (χ0v) is 12.2. The van der Waals surface area contributed by atoms with E-state index in [0.717, 1.165) is 23.4 Å². The van der Waals surface area contributed by atoms with Gasteiger partial charge in [0.05, 0.1) is 0 Å². The van der Waals surface area contributed by atoms with Crippen molar-refractivity contribution in [3.8, 4) is 5.75 Å². The third-order valence-corrected chi connectivity index (χ3v) is 3.08. The summed E-state index contributed by atoms with van der Waals surface area (Å²) in [4.78, 5) is 12.1. The van der Waals surface area contributed by atoms with Crippen LogP contribution in [0.25, 0.3) is 0 Å². The molecule has 104 valence electrons. The fraction of sp³-hybridized carbons (Fsp3) is 0.438. The van der Waals surface area contributed by atoms with Crippen molar-refractivity contribution in [3.05, 3.63) is 36.4 Å². The van der Waals surface area contributed by atoms with E-state index in [1.54, 1.807) is 0 Å². The summed E-state index contributed by atoms with van der Waals surface area (Å²) in [5.41, 5.74) is 1.35. The summed E-state index contributed by atoms with van der Waals surface area (Å²) in [6, 6.07) is 7.41. The van der Waals surface area contributed by atoms with E-state index in [-0.39, 0.29) is 11.3 Å². The lowest BCUT2D eigenvalue weighted by atomic mass is 9.89. The predicted octanol–water partition coefficient (Wildman–Crippen LogP) is 4.02. The van der Waals surface area contributed by atoms with Crippen LogP contribution >= 0.6 is 0 Å². The molecule has 0 unspecified atom stereocenters. The van der Waals surface area contributed by atoms with Gasteiger partial charge in [0, 0.05) is 17.2 Å². The van der Waals surface area contributed by atoms with Crippen LogP contribution < -0.4 is 10.1 Å². The van der Waals surface area contributed by atoms with Crippen LogP contribution in [-0.4, -0.2) is 12.5 Å². The molecule has 1 N–H and O–H groups in total. The van der Waals surface area contributed by atoms with Crippen LogP contribution in [0.5, 0.6) is 5.75 Å².